The molecule has 0 aliphatic rings. The number of nitrogens with one attached hydrogen (secondary N) is 1. The molecule has 0 bridgehead atoms. The average Bonchev–Trinajstić information content (AvgIpc) is 2.99. The van der Waals surface area contributed by atoms with Crippen LogP contribution in [0.3, 0.4) is 0 Å². The summed E-state index contributed by atoms with van der Waals surface area (Å²) in [7, 11) is 0. The highest BCUT2D eigenvalue weighted by Gasteiger charge is 2.12. The van der Waals surface area contributed by atoms with Gasteiger partial charge in [0.15, 0.2) is 5.69 Å². The largest absolute Gasteiger partial charge is 0.505 e. The van der Waals surface area contributed by atoms with Crippen LogP contribution < -0.4 is 5.56 Å². The van der Waals surface area contributed by atoms with Gasteiger partial charge in [-0.2, -0.15) is 5.26 Å². The van der Waals surface area contributed by atoms with Gasteiger partial charge in [0.2, 0.25) is 0 Å². The maximum Gasteiger partial charge on any atom is 0.294 e. The second-order valence-electron chi connectivity index (χ2n) is 7.31. The summed E-state index contributed by atoms with van der Waals surface area (Å²) in [6.07, 6.45) is 1.71. The summed E-state index contributed by atoms with van der Waals surface area (Å²) in [5.41, 5.74) is 5.26. The lowest BCUT2D eigenvalue weighted by atomic mass is 9.96. The van der Waals surface area contributed by atoms with Crippen molar-refractivity contribution in [3.8, 4) is 11.8 Å². The van der Waals surface area contributed by atoms with Gasteiger partial charge in [-0.25, -0.2) is 0 Å². The Balaban J connectivity index is 1.81. The molecule has 0 atom stereocenters. The zero-order valence-corrected chi connectivity index (χ0v) is 17.4. The van der Waals surface area contributed by atoms with Crippen LogP contribution in [0.5, 0.6) is 5.75 Å². The van der Waals surface area contributed by atoms with E-state index in [-0.39, 0.29) is 30.0 Å². The molecule has 30 heavy (non-hydrogen) atoms. The summed E-state index contributed by atoms with van der Waals surface area (Å²) in [6.45, 7) is 6.18. The van der Waals surface area contributed by atoms with Crippen LogP contribution >= 0.6 is 0 Å². The number of nitrogens with zero attached hydrogens (tertiary/aromatic N) is 4. The number of aromatic amines is 1. The number of aromatic hydroxyl groups is 1. The molecule has 7 heteroatoms. The molecule has 1 heterocycles. The van der Waals surface area contributed by atoms with E-state index >= 15 is 0 Å². The minimum absolute atomic E-state index is 0.0745. The molecule has 0 saturated heterocycles. The third kappa shape index (κ3) is 4.49. The molecule has 0 aliphatic heterocycles. The topological polar surface area (TPSA) is 107 Å². The van der Waals surface area contributed by atoms with Crippen LogP contribution in [0.4, 0.5) is 11.4 Å². The third-order valence-corrected chi connectivity index (χ3v) is 5.20. The van der Waals surface area contributed by atoms with Gasteiger partial charge in [0, 0.05) is 0 Å². The Morgan fingerprint density at radius 1 is 1.07 bits per heavy atom. The van der Waals surface area contributed by atoms with Crippen LogP contribution in [-0.4, -0.2) is 14.9 Å². The van der Waals surface area contributed by atoms with E-state index < -0.39 is 0 Å². The molecule has 0 unspecified atom stereocenters. The van der Waals surface area contributed by atoms with E-state index in [0.717, 1.165) is 12.0 Å². The smallest absolute Gasteiger partial charge is 0.294 e. The standard InChI is InChI=1S/C23H25N5O2/c1-15-7-4-8-16(2)19(15)12-11-18-9-5-10-20(22(18)29)25-26-21-17(3)27-28(23(21)30)14-6-13-24/h4-5,7-10,27,29H,6,11-12,14H2,1-3H3. The molecule has 2 aromatic carbocycles. The molecule has 0 amide bonds. The number of rotatable bonds is 7. The van der Waals surface area contributed by atoms with Gasteiger partial charge in [-0.1, -0.05) is 30.3 Å². The van der Waals surface area contributed by atoms with Crippen molar-refractivity contribution in [2.75, 3.05) is 0 Å². The van der Waals surface area contributed by atoms with Gasteiger partial charge in [-0.15, -0.1) is 10.2 Å². The molecular formula is C23H25N5O2. The third-order valence-electron chi connectivity index (χ3n) is 5.20. The first kappa shape index (κ1) is 21.1. The van der Waals surface area contributed by atoms with Gasteiger partial charge in [0.05, 0.1) is 24.7 Å². The Hall–Kier alpha value is -3.66. The van der Waals surface area contributed by atoms with Crippen LogP contribution in [0.15, 0.2) is 51.4 Å². The van der Waals surface area contributed by atoms with Crippen molar-refractivity contribution in [3.63, 3.8) is 0 Å². The molecule has 0 aliphatic carbocycles. The molecule has 3 aromatic rings. The Labute approximate surface area is 175 Å². The first-order valence-electron chi connectivity index (χ1n) is 9.86. The van der Waals surface area contributed by atoms with Crippen molar-refractivity contribution in [3.05, 3.63) is 74.7 Å². The summed E-state index contributed by atoms with van der Waals surface area (Å²) in [5, 5.41) is 30.4. The number of hydrogen-bond donors (Lipinski definition) is 2. The van der Waals surface area contributed by atoms with Crippen molar-refractivity contribution >= 4 is 11.4 Å². The van der Waals surface area contributed by atoms with Gasteiger partial charge in [0.1, 0.15) is 11.4 Å². The highest BCUT2D eigenvalue weighted by Crippen LogP contribution is 2.32. The van der Waals surface area contributed by atoms with Gasteiger partial charge in [0.25, 0.3) is 5.56 Å². The zero-order chi connectivity index (χ0) is 21.7. The van der Waals surface area contributed by atoms with E-state index in [4.69, 9.17) is 5.26 Å². The first-order valence-corrected chi connectivity index (χ1v) is 9.86. The zero-order valence-electron chi connectivity index (χ0n) is 17.4. The number of azo groups is 1. The summed E-state index contributed by atoms with van der Waals surface area (Å²) in [5.74, 6) is 0.0745. The summed E-state index contributed by atoms with van der Waals surface area (Å²) in [6, 6.07) is 13.6. The van der Waals surface area contributed by atoms with Crippen molar-refractivity contribution in [1.82, 2.24) is 9.78 Å². The molecule has 0 saturated carbocycles. The first-order chi connectivity index (χ1) is 14.4. The van der Waals surface area contributed by atoms with Crippen molar-refractivity contribution in [2.45, 2.75) is 46.6 Å². The SMILES string of the molecule is Cc1cccc(C)c1CCc1cccc(N=Nc2c(C)[nH]n(CCC#N)c2=O)c1O. The monoisotopic (exact) mass is 403 g/mol. The Morgan fingerprint density at radius 3 is 2.47 bits per heavy atom. The number of phenolic OH excluding ortho intramolecular Hbond substituents is 1. The minimum atomic E-state index is -0.336. The molecule has 7 nitrogen and oxygen atoms in total. The Kier molecular flexibility index (Phi) is 6.48. The average molecular weight is 403 g/mol. The number of hydrogen-bond acceptors (Lipinski definition) is 5. The summed E-state index contributed by atoms with van der Waals surface area (Å²) >= 11 is 0. The number of phenols is 1. The van der Waals surface area contributed by atoms with E-state index in [1.165, 1.54) is 21.4 Å². The molecule has 154 valence electrons. The number of para-hydroxylation sites is 1. The molecule has 1 aromatic heterocycles. The number of nitriles is 1. The Morgan fingerprint density at radius 2 is 1.77 bits per heavy atom. The van der Waals surface area contributed by atoms with E-state index in [9.17, 15) is 9.90 Å². The predicted octanol–water partition coefficient (Wildman–Crippen LogP) is 4.92. The fourth-order valence-electron chi connectivity index (χ4n) is 3.50. The number of H-pyrrole nitrogens is 1. The van der Waals surface area contributed by atoms with Crippen molar-refractivity contribution in [2.24, 2.45) is 10.2 Å². The van der Waals surface area contributed by atoms with Crippen LogP contribution in [0.1, 0.15) is 34.4 Å². The fraction of sp³-hybridized carbons (Fsp3) is 0.304. The minimum Gasteiger partial charge on any atom is -0.505 e. The lowest BCUT2D eigenvalue weighted by molar-refractivity contribution is 0.469. The van der Waals surface area contributed by atoms with Crippen LogP contribution in [0.25, 0.3) is 0 Å². The number of aromatic nitrogens is 2. The maximum absolute atomic E-state index is 12.4. The summed E-state index contributed by atoms with van der Waals surface area (Å²) in [4.78, 5) is 12.4. The van der Waals surface area contributed by atoms with Crippen LogP contribution in [-0.2, 0) is 19.4 Å². The molecular weight excluding hydrogens is 378 g/mol. The molecule has 0 radical (unpaired) electrons. The van der Waals surface area contributed by atoms with Crippen LogP contribution in [0.2, 0.25) is 0 Å². The fourth-order valence-corrected chi connectivity index (χ4v) is 3.50. The summed E-state index contributed by atoms with van der Waals surface area (Å²) < 4.78 is 1.34. The predicted molar refractivity (Wildman–Crippen MR) is 116 cm³/mol. The van der Waals surface area contributed by atoms with E-state index in [2.05, 4.69) is 41.3 Å². The molecule has 0 spiro atoms. The van der Waals surface area contributed by atoms with Gasteiger partial charge in [-0.3, -0.25) is 14.6 Å². The van der Waals surface area contributed by atoms with Gasteiger partial charge in [-0.05, 0) is 61.9 Å². The van der Waals surface area contributed by atoms with E-state index in [1.54, 1.807) is 13.0 Å². The lowest BCUT2D eigenvalue weighted by Gasteiger charge is -2.11. The molecule has 3 rings (SSSR count). The van der Waals surface area contributed by atoms with E-state index in [0.29, 0.717) is 17.8 Å². The second kappa shape index (κ2) is 9.23. The lowest BCUT2D eigenvalue weighted by Crippen LogP contribution is -2.16. The maximum atomic E-state index is 12.4. The van der Waals surface area contributed by atoms with Crippen molar-refractivity contribution in [1.29, 1.82) is 5.26 Å². The number of benzene rings is 2. The van der Waals surface area contributed by atoms with Gasteiger partial charge < -0.3 is 5.11 Å². The molecule has 2 N–H and O–H groups in total. The second-order valence-corrected chi connectivity index (χ2v) is 7.31. The molecule has 0 fully saturated rings. The number of aryl methyl sites for hydroxylation is 5. The highest BCUT2D eigenvalue weighted by atomic mass is 16.3. The van der Waals surface area contributed by atoms with Crippen LogP contribution in [0, 0.1) is 32.1 Å². The van der Waals surface area contributed by atoms with E-state index in [1.807, 2.05) is 24.3 Å². The highest BCUT2D eigenvalue weighted by molar-refractivity contribution is 5.55. The normalized spacial score (nSPS) is 11.1. The quantitative estimate of drug-likeness (QED) is 0.547. The Bertz CT molecular complexity index is 1160. The van der Waals surface area contributed by atoms with Gasteiger partial charge >= 0.3 is 0 Å². The van der Waals surface area contributed by atoms with Crippen molar-refractivity contribution < 1.29 is 5.11 Å².